The molecule has 3 heterocycles. The molecule has 188 valence electrons. The molecule has 1 atom stereocenters. The number of hydrogen-bond donors (Lipinski definition) is 1. The second-order valence-corrected chi connectivity index (χ2v) is 10.0. The van der Waals surface area contributed by atoms with Crippen LogP contribution in [0.25, 0.3) is 11.3 Å². The van der Waals surface area contributed by atoms with Gasteiger partial charge in [0.1, 0.15) is 0 Å². The van der Waals surface area contributed by atoms with Gasteiger partial charge in [-0.15, -0.1) is 0 Å². The van der Waals surface area contributed by atoms with Gasteiger partial charge in [0.05, 0.1) is 11.1 Å². The zero-order valence-corrected chi connectivity index (χ0v) is 20.8. The first-order valence-electron chi connectivity index (χ1n) is 12.4. The third kappa shape index (κ3) is 4.42. The number of piperidine rings is 1. The summed E-state index contributed by atoms with van der Waals surface area (Å²) >= 11 is 0. The number of nitrogens with one attached hydrogen (secondary N) is 1. The van der Waals surface area contributed by atoms with Gasteiger partial charge in [0.25, 0.3) is 5.91 Å². The molecule has 37 heavy (non-hydrogen) atoms. The van der Waals surface area contributed by atoms with Gasteiger partial charge in [-0.3, -0.25) is 14.9 Å². The fourth-order valence-electron chi connectivity index (χ4n) is 5.22. The van der Waals surface area contributed by atoms with Crippen molar-refractivity contribution in [3.63, 3.8) is 0 Å². The highest BCUT2D eigenvalue weighted by atomic mass is 19.1. The van der Waals surface area contributed by atoms with Crippen LogP contribution in [0, 0.1) is 22.7 Å². The maximum atomic E-state index is 14.8. The zero-order valence-electron chi connectivity index (χ0n) is 20.8. The van der Waals surface area contributed by atoms with Gasteiger partial charge in [0, 0.05) is 41.3 Å². The summed E-state index contributed by atoms with van der Waals surface area (Å²) in [4.78, 5) is 32.2. The molecule has 0 saturated carbocycles. The Labute approximate surface area is 214 Å². The fraction of sp³-hybridized carbons (Fsp3) is 0.310. The number of benzene rings is 2. The van der Waals surface area contributed by atoms with Gasteiger partial charge in [0.2, 0.25) is 11.8 Å². The number of carbonyl (C=O) groups is 2. The van der Waals surface area contributed by atoms with Crippen molar-refractivity contribution >= 4 is 11.8 Å². The standard InChI is InChI=1S/C29H27FN4O3/c1-29(2,28(36)32-17-31)24-20-7-6-8-22(30)25(20)37-26-21(24)13-14-23(33-26)18-9-11-19(12-10-18)27(35)34-15-4-3-5-16-34/h6-14,24H,3-5,15-16H2,1-2H3,(H,32,36). The second-order valence-electron chi connectivity index (χ2n) is 10.0. The molecule has 1 saturated heterocycles. The summed E-state index contributed by atoms with van der Waals surface area (Å²) in [5.74, 6) is -1.39. The molecule has 0 bridgehead atoms. The fourth-order valence-corrected chi connectivity index (χ4v) is 5.22. The molecule has 0 spiro atoms. The van der Waals surface area contributed by atoms with Crippen LogP contribution in [-0.4, -0.2) is 34.8 Å². The van der Waals surface area contributed by atoms with Crippen molar-refractivity contribution in [2.45, 2.75) is 39.0 Å². The second kappa shape index (κ2) is 9.66. The first-order valence-corrected chi connectivity index (χ1v) is 12.4. The van der Waals surface area contributed by atoms with E-state index in [0.29, 0.717) is 22.4 Å². The van der Waals surface area contributed by atoms with E-state index in [1.165, 1.54) is 6.07 Å². The molecule has 1 unspecified atom stereocenters. The van der Waals surface area contributed by atoms with Gasteiger partial charge in [-0.25, -0.2) is 9.37 Å². The number of fused-ring (bicyclic) bond motifs is 2. The summed E-state index contributed by atoms with van der Waals surface area (Å²) in [5.41, 5.74) is 2.03. The maximum absolute atomic E-state index is 14.8. The number of likely N-dealkylation sites (tertiary alicyclic amines) is 1. The van der Waals surface area contributed by atoms with Gasteiger partial charge in [-0.05, 0) is 43.5 Å². The number of para-hydroxylation sites is 1. The molecular weight excluding hydrogens is 471 g/mol. The molecule has 1 aromatic heterocycles. The minimum Gasteiger partial charge on any atom is -0.435 e. The monoisotopic (exact) mass is 498 g/mol. The molecule has 1 fully saturated rings. The Kier molecular flexibility index (Phi) is 6.38. The number of carbonyl (C=O) groups excluding carboxylic acids is 2. The molecule has 3 aromatic rings. The third-order valence-corrected chi connectivity index (χ3v) is 7.26. The number of hydrogen-bond acceptors (Lipinski definition) is 5. The number of amides is 2. The van der Waals surface area contributed by atoms with E-state index in [9.17, 15) is 14.0 Å². The van der Waals surface area contributed by atoms with E-state index in [-0.39, 0.29) is 17.5 Å². The van der Waals surface area contributed by atoms with Crippen LogP contribution in [0.4, 0.5) is 4.39 Å². The third-order valence-electron chi connectivity index (χ3n) is 7.26. The van der Waals surface area contributed by atoms with Crippen molar-refractivity contribution in [2.24, 2.45) is 5.41 Å². The van der Waals surface area contributed by atoms with Crippen molar-refractivity contribution in [3.05, 3.63) is 77.1 Å². The highest BCUT2D eigenvalue weighted by Gasteiger charge is 2.44. The van der Waals surface area contributed by atoms with E-state index in [0.717, 1.165) is 37.9 Å². The van der Waals surface area contributed by atoms with E-state index >= 15 is 0 Å². The Morgan fingerprint density at radius 3 is 2.49 bits per heavy atom. The van der Waals surface area contributed by atoms with Crippen LogP contribution in [0.2, 0.25) is 0 Å². The lowest BCUT2D eigenvalue weighted by atomic mass is 9.69. The lowest BCUT2D eigenvalue weighted by molar-refractivity contribution is -0.128. The zero-order chi connectivity index (χ0) is 26.2. The van der Waals surface area contributed by atoms with Crippen molar-refractivity contribution in [3.8, 4) is 29.1 Å². The lowest BCUT2D eigenvalue weighted by Gasteiger charge is -2.37. The molecule has 2 amide bonds. The summed E-state index contributed by atoms with van der Waals surface area (Å²) in [6, 6.07) is 15.5. The van der Waals surface area contributed by atoms with Crippen LogP contribution < -0.4 is 10.1 Å². The van der Waals surface area contributed by atoms with Crippen LogP contribution in [0.5, 0.6) is 11.6 Å². The number of nitriles is 1. The summed E-state index contributed by atoms with van der Waals surface area (Å²) in [6.45, 7) is 4.98. The van der Waals surface area contributed by atoms with Gasteiger partial charge < -0.3 is 9.64 Å². The Balaban J connectivity index is 1.50. The normalized spacial score (nSPS) is 16.6. The van der Waals surface area contributed by atoms with Crippen LogP contribution in [0.3, 0.4) is 0 Å². The first-order chi connectivity index (χ1) is 17.8. The minimum absolute atomic E-state index is 0.0185. The SMILES string of the molecule is CC(C)(C(=O)NC#N)C1c2ccc(-c3ccc(C(=O)N4CCCCC4)cc3)nc2Oc2c(F)cccc21. The molecule has 8 heteroatoms. The summed E-state index contributed by atoms with van der Waals surface area (Å²) in [7, 11) is 0. The van der Waals surface area contributed by atoms with E-state index in [4.69, 9.17) is 10.00 Å². The van der Waals surface area contributed by atoms with Crippen LogP contribution >= 0.6 is 0 Å². The molecule has 7 nitrogen and oxygen atoms in total. The lowest BCUT2D eigenvalue weighted by Crippen LogP contribution is -2.40. The maximum Gasteiger partial charge on any atom is 0.253 e. The Hall–Kier alpha value is -4.25. The van der Waals surface area contributed by atoms with E-state index in [1.807, 2.05) is 29.2 Å². The Morgan fingerprint density at radius 1 is 1.05 bits per heavy atom. The predicted molar refractivity (Wildman–Crippen MR) is 135 cm³/mol. The molecule has 0 radical (unpaired) electrons. The number of nitrogens with zero attached hydrogens (tertiary/aromatic N) is 3. The summed E-state index contributed by atoms with van der Waals surface area (Å²) in [6.07, 6.45) is 4.91. The van der Waals surface area contributed by atoms with E-state index in [2.05, 4.69) is 10.3 Å². The molecule has 2 aliphatic rings. The molecule has 5 rings (SSSR count). The Morgan fingerprint density at radius 2 is 1.78 bits per heavy atom. The molecular formula is C29H27FN4O3. The average molecular weight is 499 g/mol. The first kappa shape index (κ1) is 24.4. The quantitative estimate of drug-likeness (QED) is 0.385. The van der Waals surface area contributed by atoms with Crippen LogP contribution in [0.1, 0.15) is 60.5 Å². The predicted octanol–water partition coefficient (Wildman–Crippen LogP) is 5.37. The molecule has 2 aliphatic heterocycles. The van der Waals surface area contributed by atoms with Crippen molar-refractivity contribution in [1.82, 2.24) is 15.2 Å². The van der Waals surface area contributed by atoms with Gasteiger partial charge in [-0.2, -0.15) is 5.26 Å². The van der Waals surface area contributed by atoms with Crippen LogP contribution in [-0.2, 0) is 4.79 Å². The largest absolute Gasteiger partial charge is 0.435 e. The van der Waals surface area contributed by atoms with Crippen LogP contribution in [0.15, 0.2) is 54.6 Å². The van der Waals surface area contributed by atoms with E-state index < -0.39 is 23.1 Å². The summed E-state index contributed by atoms with van der Waals surface area (Å²) < 4.78 is 20.8. The van der Waals surface area contributed by atoms with E-state index in [1.54, 1.807) is 44.3 Å². The van der Waals surface area contributed by atoms with Crippen molar-refractivity contribution in [2.75, 3.05) is 13.1 Å². The topological polar surface area (TPSA) is 95.3 Å². The summed E-state index contributed by atoms with van der Waals surface area (Å²) in [5, 5.41) is 11.2. The smallest absolute Gasteiger partial charge is 0.253 e. The van der Waals surface area contributed by atoms with Crippen molar-refractivity contribution in [1.29, 1.82) is 5.26 Å². The van der Waals surface area contributed by atoms with Crippen molar-refractivity contribution < 1.29 is 18.7 Å². The minimum atomic E-state index is -1.10. The molecule has 0 aliphatic carbocycles. The average Bonchev–Trinajstić information content (AvgIpc) is 2.92. The number of ether oxygens (including phenoxy) is 1. The number of rotatable bonds is 4. The highest BCUT2D eigenvalue weighted by Crippen LogP contribution is 2.52. The van der Waals surface area contributed by atoms with Gasteiger partial charge in [-0.1, -0.05) is 44.2 Å². The van der Waals surface area contributed by atoms with Gasteiger partial charge >= 0.3 is 0 Å². The Bertz CT molecular complexity index is 1410. The van der Waals surface area contributed by atoms with Gasteiger partial charge in [0.15, 0.2) is 17.8 Å². The number of halogens is 1. The molecule has 2 aromatic carbocycles. The number of aromatic nitrogens is 1. The number of pyridine rings is 1. The molecule has 1 N–H and O–H groups in total. The highest BCUT2D eigenvalue weighted by molar-refractivity contribution is 5.94.